The van der Waals surface area contributed by atoms with E-state index in [0.717, 1.165) is 35.5 Å². The van der Waals surface area contributed by atoms with E-state index < -0.39 is 0 Å². The molecule has 0 aliphatic carbocycles. The minimum Gasteiger partial charge on any atom is -0.492 e. The van der Waals surface area contributed by atoms with Crippen LogP contribution in [0.1, 0.15) is 179 Å². The van der Waals surface area contributed by atoms with Gasteiger partial charge in [0.05, 0.1) is 24.3 Å². The summed E-state index contributed by atoms with van der Waals surface area (Å²) in [6.45, 7) is 14.6. The molecule has 0 spiro atoms. The van der Waals surface area contributed by atoms with Gasteiger partial charge < -0.3 is 9.47 Å². The molecule has 0 unspecified atom stereocenters. The maximum atomic E-state index is 6.21. The highest BCUT2D eigenvalue weighted by Crippen LogP contribution is 2.29. The molecule has 0 saturated heterocycles. The van der Waals surface area contributed by atoms with E-state index in [4.69, 9.17) is 9.47 Å². The lowest BCUT2D eigenvalue weighted by molar-refractivity contribution is 0.303. The third-order valence-electron chi connectivity index (χ3n) is 9.70. The number of rotatable bonds is 0. The van der Waals surface area contributed by atoms with E-state index >= 15 is 0 Å². The summed E-state index contributed by atoms with van der Waals surface area (Å²) in [5, 5.41) is 0. The Morgan fingerprint density at radius 3 is 0.889 bits per heavy atom. The maximum Gasteiger partial charge on any atom is 0.134 e. The zero-order chi connectivity index (χ0) is 38.7. The third-order valence-corrected chi connectivity index (χ3v) is 9.70. The van der Waals surface area contributed by atoms with Gasteiger partial charge in [0.1, 0.15) is 11.5 Å². The lowest BCUT2D eigenvalue weighted by atomic mass is 9.86. The van der Waals surface area contributed by atoms with Gasteiger partial charge in [-0.3, -0.25) is 0 Å². The molecule has 3 rings (SSSR count). The highest BCUT2D eigenvalue weighted by molar-refractivity contribution is 5.54. The molecule has 2 aromatic carbocycles. The van der Waals surface area contributed by atoms with E-state index in [1.807, 2.05) is 0 Å². The zero-order valence-electron chi connectivity index (χ0n) is 34.4. The van der Waals surface area contributed by atoms with E-state index in [-0.39, 0.29) is 10.8 Å². The van der Waals surface area contributed by atoms with Gasteiger partial charge in [-0.15, -0.1) is 0 Å². The van der Waals surface area contributed by atoms with Crippen molar-refractivity contribution in [2.75, 3.05) is 13.2 Å². The molecule has 0 amide bonds. The molecule has 54 heavy (non-hydrogen) atoms. The predicted octanol–water partition coefficient (Wildman–Crippen LogP) is 12.5. The van der Waals surface area contributed by atoms with Crippen LogP contribution in [0.3, 0.4) is 0 Å². The molecular weight excluding hydrogens is 657 g/mol. The Kier molecular flexibility index (Phi) is 20.6. The standard InChI is InChI=1S/C52H64O2/c1-51(2,3)47-37-39-49-45(43-47)35-31-27-23-19-15-16-20-24-28-32-36-46-44-48(52(4,5)6)38-40-50(46)54-42-34-30-26-22-18-14-12-10-8-7-9-11-13-17-21-25-29-33-41-53-49/h37-40,43-44H,7-14,17-18,21-22,25-26,29-30,33-34,41-42H2,1-6H3. The Labute approximate surface area is 330 Å². The minimum absolute atomic E-state index is 0.0127. The minimum atomic E-state index is 0.0127. The van der Waals surface area contributed by atoms with Crippen LogP contribution < -0.4 is 9.47 Å². The second kappa shape index (κ2) is 25.4. The Morgan fingerprint density at radius 1 is 0.352 bits per heavy atom. The van der Waals surface area contributed by atoms with Gasteiger partial charge in [-0.2, -0.15) is 0 Å². The number of ether oxygens (including phenoxy) is 2. The van der Waals surface area contributed by atoms with Gasteiger partial charge in [0.25, 0.3) is 0 Å². The van der Waals surface area contributed by atoms with E-state index in [1.165, 1.54) is 114 Å². The summed E-state index contributed by atoms with van der Waals surface area (Å²) in [5.41, 5.74) is 4.17. The average molecular weight is 721 g/mol. The first-order valence-corrected chi connectivity index (χ1v) is 20.7. The summed E-state index contributed by atoms with van der Waals surface area (Å²) in [6, 6.07) is 12.6. The van der Waals surface area contributed by atoms with Crippen LogP contribution in [0.4, 0.5) is 0 Å². The molecule has 0 bridgehead atoms. The topological polar surface area (TPSA) is 18.5 Å². The van der Waals surface area contributed by atoms with Crippen molar-refractivity contribution in [2.24, 2.45) is 0 Å². The van der Waals surface area contributed by atoms with Crippen LogP contribution in [-0.2, 0) is 10.8 Å². The third kappa shape index (κ3) is 18.9. The van der Waals surface area contributed by atoms with Gasteiger partial charge in [0, 0.05) is 0 Å². The Balaban J connectivity index is 1.68. The highest BCUT2D eigenvalue weighted by Gasteiger charge is 2.17. The van der Waals surface area contributed by atoms with Crippen molar-refractivity contribution in [1.29, 1.82) is 0 Å². The fourth-order valence-corrected chi connectivity index (χ4v) is 6.28. The van der Waals surface area contributed by atoms with Crippen molar-refractivity contribution in [2.45, 2.75) is 168 Å². The van der Waals surface area contributed by atoms with Gasteiger partial charge in [0.15, 0.2) is 0 Å². The van der Waals surface area contributed by atoms with E-state index in [9.17, 15) is 0 Å². The number of fused-ring (bicyclic) bond motifs is 2. The Morgan fingerprint density at radius 2 is 0.611 bits per heavy atom. The van der Waals surface area contributed by atoms with Crippen molar-refractivity contribution >= 4 is 0 Å². The number of hydrogen-bond donors (Lipinski definition) is 0. The van der Waals surface area contributed by atoms with Gasteiger partial charge in [-0.05, 0) is 130 Å². The van der Waals surface area contributed by atoms with Crippen LogP contribution in [0.15, 0.2) is 36.4 Å². The van der Waals surface area contributed by atoms with Crippen molar-refractivity contribution in [3.05, 3.63) is 58.7 Å². The molecule has 1 aliphatic heterocycles. The molecule has 0 N–H and O–H groups in total. The fourth-order valence-electron chi connectivity index (χ4n) is 6.28. The fraction of sp³-hybridized carbons (Fsp3) is 0.538. The van der Waals surface area contributed by atoms with Crippen LogP contribution in [0.2, 0.25) is 0 Å². The number of benzene rings is 2. The lowest BCUT2D eigenvalue weighted by Crippen LogP contribution is -2.11. The molecule has 0 aromatic heterocycles. The molecular formula is C52H64O2. The van der Waals surface area contributed by atoms with Gasteiger partial charge in [0.2, 0.25) is 0 Å². The molecule has 0 saturated carbocycles. The maximum absolute atomic E-state index is 6.21. The first-order valence-electron chi connectivity index (χ1n) is 20.7. The largest absolute Gasteiger partial charge is 0.492 e. The summed E-state index contributed by atoms with van der Waals surface area (Å²) in [5.74, 6) is 36.1. The van der Waals surface area contributed by atoms with Crippen molar-refractivity contribution < 1.29 is 9.47 Å². The molecule has 1 aliphatic rings. The first-order chi connectivity index (χ1) is 26.1. The first kappa shape index (κ1) is 43.8. The second-order valence-corrected chi connectivity index (χ2v) is 16.5. The van der Waals surface area contributed by atoms with Gasteiger partial charge in [-0.25, -0.2) is 0 Å². The Bertz CT molecular complexity index is 1690. The normalized spacial score (nSPS) is 16.3. The predicted molar refractivity (Wildman–Crippen MR) is 229 cm³/mol. The monoisotopic (exact) mass is 720 g/mol. The quantitative estimate of drug-likeness (QED) is 0.252. The summed E-state index contributed by atoms with van der Waals surface area (Å²) in [7, 11) is 0. The van der Waals surface area contributed by atoms with E-state index in [1.54, 1.807) is 0 Å². The molecule has 0 atom stereocenters. The van der Waals surface area contributed by atoms with Crippen molar-refractivity contribution in [3.8, 4) is 82.5 Å². The zero-order valence-corrected chi connectivity index (χ0v) is 34.4. The van der Waals surface area contributed by atoms with E-state index in [0.29, 0.717) is 13.2 Å². The molecule has 1 heterocycles. The molecule has 284 valence electrons. The molecule has 2 aromatic rings. The van der Waals surface area contributed by atoms with Crippen molar-refractivity contribution in [1.82, 2.24) is 0 Å². The van der Waals surface area contributed by atoms with Crippen LogP contribution >= 0.6 is 0 Å². The summed E-state index contributed by atoms with van der Waals surface area (Å²) in [4.78, 5) is 0. The summed E-state index contributed by atoms with van der Waals surface area (Å²) < 4.78 is 12.4. The number of hydrogen-bond acceptors (Lipinski definition) is 2. The summed E-state index contributed by atoms with van der Waals surface area (Å²) >= 11 is 0. The molecule has 0 radical (unpaired) electrons. The molecule has 2 nitrogen and oxygen atoms in total. The van der Waals surface area contributed by atoms with Crippen LogP contribution in [0, 0.1) is 71.0 Å². The second-order valence-electron chi connectivity index (χ2n) is 16.5. The smallest absolute Gasteiger partial charge is 0.134 e. The average Bonchev–Trinajstić information content (AvgIpc) is 3.13. The van der Waals surface area contributed by atoms with Crippen LogP contribution in [-0.4, -0.2) is 13.2 Å². The molecule has 2 heteroatoms. The highest BCUT2D eigenvalue weighted by atomic mass is 16.5. The van der Waals surface area contributed by atoms with Crippen LogP contribution in [0.5, 0.6) is 11.5 Å². The van der Waals surface area contributed by atoms with E-state index in [2.05, 4.69) is 149 Å². The van der Waals surface area contributed by atoms with Gasteiger partial charge in [-0.1, -0.05) is 156 Å². The lowest BCUT2D eigenvalue weighted by Gasteiger charge is -2.20. The Hall–Kier alpha value is -4.60. The van der Waals surface area contributed by atoms with Gasteiger partial charge >= 0.3 is 0 Å². The SMILES string of the molecule is CC(C)(C)c1ccc2c(c1)C#CC#CC#CC#CC#CC#Cc1cc(C(C)(C)C)ccc1OCCCCCCCCCCCCCCCCCCCCO2. The molecule has 0 fully saturated rings. The van der Waals surface area contributed by atoms with Crippen LogP contribution in [0.25, 0.3) is 0 Å². The van der Waals surface area contributed by atoms with Crippen molar-refractivity contribution in [3.63, 3.8) is 0 Å². The summed E-state index contributed by atoms with van der Waals surface area (Å²) in [6.07, 6.45) is 23.5.